The van der Waals surface area contributed by atoms with Crippen LogP contribution >= 0.6 is 0 Å². The largest absolute Gasteiger partial charge is 0.378 e. The Bertz CT molecular complexity index is 1260. The molecule has 9 nitrogen and oxygen atoms in total. The molecule has 9 heteroatoms. The molecule has 0 saturated carbocycles. The maximum atomic E-state index is 5.47. The lowest BCUT2D eigenvalue weighted by Gasteiger charge is -2.27. The van der Waals surface area contributed by atoms with E-state index < -0.39 is 0 Å². The monoisotopic (exact) mass is 400 g/mol. The lowest BCUT2D eigenvalue weighted by atomic mass is 10.2. The number of fused-ring (bicyclic) bond motifs is 1. The zero-order valence-corrected chi connectivity index (χ0v) is 16.8. The third-order valence-electron chi connectivity index (χ3n) is 4.97. The minimum atomic E-state index is 0.443. The maximum Gasteiger partial charge on any atom is 0.209 e. The van der Waals surface area contributed by atoms with Crippen LogP contribution in [0, 0.1) is 11.8 Å². The second-order valence-electron chi connectivity index (χ2n) is 7.05. The summed E-state index contributed by atoms with van der Waals surface area (Å²) in [5.74, 6) is 8.07. The van der Waals surface area contributed by atoms with Crippen LogP contribution < -0.4 is 4.90 Å². The molecule has 30 heavy (non-hydrogen) atoms. The van der Waals surface area contributed by atoms with E-state index in [-0.39, 0.29) is 0 Å². The molecule has 5 rings (SSSR count). The van der Waals surface area contributed by atoms with Gasteiger partial charge in [0.1, 0.15) is 0 Å². The summed E-state index contributed by atoms with van der Waals surface area (Å²) in [6.45, 7) is 2.88. The van der Waals surface area contributed by atoms with Gasteiger partial charge in [-0.25, -0.2) is 19.9 Å². The fourth-order valence-electron chi connectivity index (χ4n) is 3.39. The van der Waals surface area contributed by atoms with Crippen LogP contribution in [0.4, 0.5) is 5.82 Å². The molecular weight excluding hydrogens is 380 g/mol. The van der Waals surface area contributed by atoms with Gasteiger partial charge in [0.2, 0.25) is 5.82 Å². The lowest BCUT2D eigenvalue weighted by molar-refractivity contribution is 0.122. The van der Waals surface area contributed by atoms with Crippen molar-refractivity contribution in [3.8, 4) is 23.1 Å². The van der Waals surface area contributed by atoms with E-state index in [0.29, 0.717) is 24.9 Å². The summed E-state index contributed by atoms with van der Waals surface area (Å²) >= 11 is 0. The predicted octanol–water partition coefficient (Wildman–Crippen LogP) is 1.40. The molecule has 0 aromatic carbocycles. The van der Waals surface area contributed by atoms with Crippen molar-refractivity contribution in [3.63, 3.8) is 0 Å². The van der Waals surface area contributed by atoms with Crippen LogP contribution in [-0.2, 0) is 18.8 Å². The van der Waals surface area contributed by atoms with Gasteiger partial charge in [0.05, 0.1) is 25.2 Å². The quantitative estimate of drug-likeness (QED) is 0.470. The smallest absolute Gasteiger partial charge is 0.209 e. The highest BCUT2D eigenvalue weighted by Crippen LogP contribution is 2.23. The molecule has 150 valence electrons. The minimum absolute atomic E-state index is 0.443. The Kier molecular flexibility index (Phi) is 4.61. The molecule has 1 fully saturated rings. The number of aryl methyl sites for hydroxylation is 2. The molecule has 0 bridgehead atoms. The van der Waals surface area contributed by atoms with Crippen LogP contribution in [-0.4, -0.2) is 60.4 Å². The average molecular weight is 400 g/mol. The molecule has 4 aromatic rings. The number of nitrogens with zero attached hydrogens (tertiary/aromatic N) is 8. The molecule has 1 aliphatic rings. The van der Waals surface area contributed by atoms with E-state index in [4.69, 9.17) is 9.72 Å². The molecule has 1 saturated heterocycles. The summed E-state index contributed by atoms with van der Waals surface area (Å²) in [6.07, 6.45) is 7.21. The van der Waals surface area contributed by atoms with Gasteiger partial charge in [-0.1, -0.05) is 0 Å². The summed E-state index contributed by atoms with van der Waals surface area (Å²) < 4.78 is 9.24. The molecule has 0 N–H and O–H groups in total. The number of hydrogen-bond donors (Lipinski definition) is 0. The molecule has 0 unspecified atom stereocenters. The fourth-order valence-corrected chi connectivity index (χ4v) is 3.39. The van der Waals surface area contributed by atoms with Crippen molar-refractivity contribution in [1.82, 2.24) is 34.1 Å². The first-order valence-corrected chi connectivity index (χ1v) is 9.66. The van der Waals surface area contributed by atoms with E-state index in [2.05, 4.69) is 36.7 Å². The third-order valence-corrected chi connectivity index (χ3v) is 4.97. The lowest BCUT2D eigenvalue weighted by Crippen LogP contribution is -2.37. The van der Waals surface area contributed by atoms with Crippen LogP contribution in [0.1, 0.15) is 11.6 Å². The summed E-state index contributed by atoms with van der Waals surface area (Å²) in [7, 11) is 3.84. The van der Waals surface area contributed by atoms with Crippen molar-refractivity contribution < 1.29 is 4.74 Å². The molecule has 0 spiro atoms. The topological polar surface area (TPSA) is 86.8 Å². The van der Waals surface area contributed by atoms with E-state index in [1.807, 2.05) is 41.6 Å². The molecule has 0 amide bonds. The van der Waals surface area contributed by atoms with Crippen molar-refractivity contribution >= 4 is 17.0 Å². The van der Waals surface area contributed by atoms with E-state index in [1.54, 1.807) is 18.7 Å². The number of pyridine rings is 1. The number of aromatic nitrogens is 7. The summed E-state index contributed by atoms with van der Waals surface area (Å²) in [5, 5.41) is 0. The van der Waals surface area contributed by atoms with Gasteiger partial charge in [-0.2, -0.15) is 0 Å². The van der Waals surface area contributed by atoms with E-state index in [0.717, 1.165) is 41.3 Å². The molecule has 4 aromatic heterocycles. The Hall–Kier alpha value is -3.77. The highest BCUT2D eigenvalue weighted by Gasteiger charge is 2.19. The summed E-state index contributed by atoms with van der Waals surface area (Å²) in [4.78, 5) is 24.8. The Morgan fingerprint density at radius 3 is 2.70 bits per heavy atom. The third kappa shape index (κ3) is 3.38. The zero-order chi connectivity index (χ0) is 20.5. The van der Waals surface area contributed by atoms with Crippen molar-refractivity contribution in [2.75, 3.05) is 31.2 Å². The fraction of sp³-hybridized carbons (Fsp3) is 0.286. The number of imidazole rings is 2. The standard InChI is InChI=1S/C21H20N8O/c1-27-13-16(15-4-3-7-22-12-15)24-18(27)6-5-17-25-20-19(23-14-28(20)2)21(26-17)29-8-10-30-11-9-29/h3-4,7,12-14H,8-11H2,1-2H3. The van der Waals surface area contributed by atoms with Crippen LogP contribution in [0.15, 0.2) is 37.1 Å². The molecule has 0 radical (unpaired) electrons. The van der Waals surface area contributed by atoms with Gasteiger partial charge in [-0.3, -0.25) is 4.98 Å². The average Bonchev–Trinajstić information content (AvgIpc) is 3.35. The van der Waals surface area contributed by atoms with E-state index in [1.165, 1.54) is 0 Å². The molecule has 5 heterocycles. The van der Waals surface area contributed by atoms with Crippen molar-refractivity contribution in [2.24, 2.45) is 14.1 Å². The first-order valence-electron chi connectivity index (χ1n) is 9.66. The summed E-state index contributed by atoms with van der Waals surface area (Å²) in [6, 6.07) is 3.86. The number of anilines is 1. The maximum absolute atomic E-state index is 5.47. The normalized spacial score (nSPS) is 14.0. The highest BCUT2D eigenvalue weighted by atomic mass is 16.5. The zero-order valence-electron chi connectivity index (χ0n) is 16.8. The van der Waals surface area contributed by atoms with Crippen LogP contribution in [0.3, 0.4) is 0 Å². The van der Waals surface area contributed by atoms with E-state index >= 15 is 0 Å². The molecule has 0 aliphatic carbocycles. The second kappa shape index (κ2) is 7.57. The van der Waals surface area contributed by atoms with E-state index in [9.17, 15) is 0 Å². The van der Waals surface area contributed by atoms with Crippen molar-refractivity contribution in [1.29, 1.82) is 0 Å². The van der Waals surface area contributed by atoms with Crippen LogP contribution in [0.25, 0.3) is 22.4 Å². The first kappa shape index (κ1) is 18.3. The highest BCUT2D eigenvalue weighted by molar-refractivity contribution is 5.84. The van der Waals surface area contributed by atoms with Crippen molar-refractivity contribution in [3.05, 3.63) is 48.7 Å². The Morgan fingerprint density at radius 1 is 1.03 bits per heavy atom. The van der Waals surface area contributed by atoms with Gasteiger partial charge >= 0.3 is 0 Å². The number of ether oxygens (including phenoxy) is 1. The Labute approximate surface area is 173 Å². The summed E-state index contributed by atoms with van der Waals surface area (Å²) in [5.41, 5.74) is 3.31. The van der Waals surface area contributed by atoms with Gasteiger partial charge in [-0.15, -0.1) is 0 Å². The predicted molar refractivity (Wildman–Crippen MR) is 112 cm³/mol. The second-order valence-corrected chi connectivity index (χ2v) is 7.05. The van der Waals surface area contributed by atoms with Gasteiger partial charge in [-0.05, 0) is 24.0 Å². The molecular formula is C21H20N8O. The van der Waals surface area contributed by atoms with Crippen LogP contribution in [0.5, 0.6) is 0 Å². The SMILES string of the molecule is Cn1cc(-c2cccnc2)nc1C#Cc1nc(N2CCOCC2)c2ncn(C)c2n1. The minimum Gasteiger partial charge on any atom is -0.378 e. The van der Waals surface area contributed by atoms with Gasteiger partial charge in [0, 0.05) is 51.3 Å². The van der Waals surface area contributed by atoms with Gasteiger partial charge in [0.25, 0.3) is 0 Å². The van der Waals surface area contributed by atoms with Gasteiger partial charge in [0.15, 0.2) is 22.8 Å². The first-order chi connectivity index (χ1) is 14.7. The van der Waals surface area contributed by atoms with Gasteiger partial charge < -0.3 is 18.8 Å². The Balaban J connectivity index is 1.53. The molecule has 0 atom stereocenters. The van der Waals surface area contributed by atoms with Crippen LogP contribution in [0.2, 0.25) is 0 Å². The Morgan fingerprint density at radius 2 is 1.90 bits per heavy atom. The molecule has 1 aliphatic heterocycles. The number of hydrogen-bond acceptors (Lipinski definition) is 7. The number of morpholine rings is 1. The number of rotatable bonds is 2. The van der Waals surface area contributed by atoms with Crippen molar-refractivity contribution in [2.45, 2.75) is 0 Å².